The number of aldehydes is 1. The molecule has 58 heavy (non-hydrogen) atoms. The zero-order chi connectivity index (χ0) is 43.2. The van der Waals surface area contributed by atoms with Gasteiger partial charge in [-0.1, -0.05) is 71.8 Å². The summed E-state index contributed by atoms with van der Waals surface area (Å²) in [5.41, 5.74) is 7.35. The number of methoxy groups -OCH3 is 2. The van der Waals surface area contributed by atoms with Gasteiger partial charge in [-0.15, -0.1) is 23.5 Å². The molecular formula is C48H60O8S2. The van der Waals surface area contributed by atoms with E-state index in [1.165, 1.54) is 30.9 Å². The maximum atomic E-state index is 12.9. The van der Waals surface area contributed by atoms with E-state index in [1.54, 1.807) is 23.5 Å². The van der Waals surface area contributed by atoms with Crippen LogP contribution in [0, 0.1) is 41.5 Å². The summed E-state index contributed by atoms with van der Waals surface area (Å²) in [6, 6.07) is 28.2. The van der Waals surface area contributed by atoms with E-state index in [0.717, 1.165) is 69.6 Å². The summed E-state index contributed by atoms with van der Waals surface area (Å²) in [5.74, 6) is -1.45. The second-order valence-electron chi connectivity index (χ2n) is 14.2. The van der Waals surface area contributed by atoms with Gasteiger partial charge in [0.25, 0.3) is 0 Å². The monoisotopic (exact) mass is 828 g/mol. The maximum Gasteiger partial charge on any atom is 0.320 e. The standard InChI is InChI=1S/C24H30O4S.C14H18O3.C10H12OS/c1-16-13-17(2)22(18(3)14-16)23(24(27)28-4)21(26)15-19(25)9-8-12-29-20-10-6-5-7-11-20;1-8-6-9(2)12(10(3)7-8)13(11(4)15)14(16)17-5;11-8-4-5-9-12-10-6-2-1-3-7-10/h5-7,10-11,13-14,19,23,25H,8-9,12,15H2,1-4H3;6-7,13H,1-5H3;1-3,6-8H,4-5,9H2. The molecule has 4 aromatic carbocycles. The number of aryl methyl sites for hydroxylation is 6. The summed E-state index contributed by atoms with van der Waals surface area (Å²) in [6.45, 7) is 13.0. The number of carbonyl (C=O) groups excluding carboxylic acids is 5. The Labute approximate surface area is 353 Å². The Kier molecular flexibility index (Phi) is 22.7. The Bertz CT molecular complexity index is 1880. The highest BCUT2D eigenvalue weighted by molar-refractivity contribution is 7.99. The Balaban J connectivity index is 0.000000336. The number of hydrogen-bond donors (Lipinski definition) is 1. The van der Waals surface area contributed by atoms with E-state index in [-0.39, 0.29) is 18.0 Å². The van der Waals surface area contributed by atoms with Crippen molar-refractivity contribution in [3.63, 3.8) is 0 Å². The number of Topliss-reactive ketones (excluding diaryl/α,β-unsaturated/α-hetero) is 2. The van der Waals surface area contributed by atoms with Gasteiger partial charge in [0.05, 0.1) is 20.3 Å². The highest BCUT2D eigenvalue weighted by Crippen LogP contribution is 2.30. The van der Waals surface area contributed by atoms with Gasteiger partial charge in [0.15, 0.2) is 5.78 Å². The van der Waals surface area contributed by atoms with E-state index in [2.05, 4.69) is 24.3 Å². The third-order valence-electron chi connectivity index (χ3n) is 9.26. The second-order valence-corrected chi connectivity index (χ2v) is 16.6. The van der Waals surface area contributed by atoms with Gasteiger partial charge >= 0.3 is 11.9 Å². The molecule has 0 aliphatic rings. The number of esters is 2. The van der Waals surface area contributed by atoms with Crippen LogP contribution in [0.5, 0.6) is 0 Å². The largest absolute Gasteiger partial charge is 0.468 e. The Morgan fingerprint density at radius 2 is 1.03 bits per heavy atom. The molecular weight excluding hydrogens is 769 g/mol. The summed E-state index contributed by atoms with van der Waals surface area (Å²) in [7, 11) is 2.59. The third-order valence-corrected chi connectivity index (χ3v) is 11.5. The van der Waals surface area contributed by atoms with Crippen molar-refractivity contribution in [2.75, 3.05) is 25.7 Å². The van der Waals surface area contributed by atoms with Gasteiger partial charge in [0.2, 0.25) is 0 Å². The van der Waals surface area contributed by atoms with E-state index in [1.807, 2.05) is 102 Å². The molecule has 3 unspecified atom stereocenters. The Morgan fingerprint density at radius 1 is 0.638 bits per heavy atom. The van der Waals surface area contributed by atoms with Crippen molar-refractivity contribution >= 4 is 53.3 Å². The van der Waals surface area contributed by atoms with Gasteiger partial charge in [-0.05, 0) is 137 Å². The molecule has 0 radical (unpaired) electrons. The Morgan fingerprint density at radius 3 is 1.43 bits per heavy atom. The fourth-order valence-electron chi connectivity index (χ4n) is 6.78. The molecule has 0 heterocycles. The van der Waals surface area contributed by atoms with Gasteiger partial charge in [-0.2, -0.15) is 0 Å². The van der Waals surface area contributed by atoms with Crippen LogP contribution in [-0.4, -0.2) is 66.7 Å². The molecule has 0 aliphatic carbocycles. The minimum Gasteiger partial charge on any atom is -0.468 e. The zero-order valence-corrected chi connectivity index (χ0v) is 37.1. The molecule has 0 bridgehead atoms. The van der Waals surface area contributed by atoms with Gasteiger partial charge in [0.1, 0.15) is 23.9 Å². The summed E-state index contributed by atoms with van der Waals surface area (Å²) in [6.07, 6.45) is 3.12. The molecule has 3 atom stereocenters. The number of thioether (sulfide) groups is 2. The first kappa shape index (κ1) is 49.6. The van der Waals surface area contributed by atoms with E-state index < -0.39 is 29.9 Å². The summed E-state index contributed by atoms with van der Waals surface area (Å²) < 4.78 is 9.62. The summed E-state index contributed by atoms with van der Waals surface area (Å²) >= 11 is 3.53. The lowest BCUT2D eigenvalue weighted by atomic mass is 9.84. The van der Waals surface area contributed by atoms with Crippen LogP contribution in [0.3, 0.4) is 0 Å². The molecule has 0 fully saturated rings. The quantitative estimate of drug-likeness (QED) is 0.0341. The van der Waals surface area contributed by atoms with Crippen molar-refractivity contribution in [1.29, 1.82) is 0 Å². The number of aliphatic hydroxyl groups is 1. The predicted molar refractivity (Wildman–Crippen MR) is 236 cm³/mol. The van der Waals surface area contributed by atoms with Crippen LogP contribution in [0.25, 0.3) is 0 Å². The highest BCUT2D eigenvalue weighted by Gasteiger charge is 2.33. The Hall–Kier alpha value is -4.51. The first-order valence-electron chi connectivity index (χ1n) is 19.5. The zero-order valence-electron chi connectivity index (χ0n) is 35.5. The molecule has 0 aromatic heterocycles. The number of ketones is 2. The van der Waals surface area contributed by atoms with Crippen molar-refractivity contribution in [3.8, 4) is 0 Å². The van der Waals surface area contributed by atoms with Crippen molar-refractivity contribution in [2.45, 2.75) is 108 Å². The van der Waals surface area contributed by atoms with E-state index in [4.69, 9.17) is 9.47 Å². The molecule has 8 nitrogen and oxygen atoms in total. The van der Waals surface area contributed by atoms with Crippen molar-refractivity contribution < 1.29 is 38.6 Å². The van der Waals surface area contributed by atoms with Crippen LogP contribution in [0.1, 0.15) is 95.4 Å². The minimum absolute atomic E-state index is 0.0530. The third kappa shape index (κ3) is 16.8. The van der Waals surface area contributed by atoms with Gasteiger partial charge < -0.3 is 19.4 Å². The smallest absolute Gasteiger partial charge is 0.320 e. The predicted octanol–water partition coefficient (Wildman–Crippen LogP) is 9.98. The summed E-state index contributed by atoms with van der Waals surface area (Å²) in [4.78, 5) is 61.2. The molecule has 4 aromatic rings. The number of unbranched alkanes of at least 4 members (excludes halogenated alkanes) is 1. The van der Waals surface area contributed by atoms with Crippen molar-refractivity contribution in [3.05, 3.63) is 129 Å². The average Bonchev–Trinajstić information content (AvgIpc) is 3.18. The van der Waals surface area contributed by atoms with Gasteiger partial charge in [0, 0.05) is 22.6 Å². The fourth-order valence-corrected chi connectivity index (χ4v) is 8.57. The fraction of sp³-hybridized carbons (Fsp3) is 0.396. The molecule has 0 spiro atoms. The minimum atomic E-state index is -0.992. The van der Waals surface area contributed by atoms with Crippen LogP contribution >= 0.6 is 23.5 Å². The van der Waals surface area contributed by atoms with Gasteiger partial charge in [-0.25, -0.2) is 0 Å². The number of carbonyl (C=O) groups is 5. The molecule has 312 valence electrons. The van der Waals surface area contributed by atoms with Crippen LogP contribution < -0.4 is 0 Å². The number of benzene rings is 4. The van der Waals surface area contributed by atoms with Crippen LogP contribution in [0.4, 0.5) is 0 Å². The molecule has 10 heteroatoms. The molecule has 0 saturated carbocycles. The molecule has 0 amide bonds. The van der Waals surface area contributed by atoms with Crippen molar-refractivity contribution in [2.24, 2.45) is 0 Å². The number of hydrogen-bond acceptors (Lipinski definition) is 10. The lowest BCUT2D eigenvalue weighted by Crippen LogP contribution is -2.28. The van der Waals surface area contributed by atoms with Crippen LogP contribution in [0.2, 0.25) is 0 Å². The summed E-state index contributed by atoms with van der Waals surface area (Å²) in [5, 5.41) is 10.4. The topological polar surface area (TPSA) is 124 Å². The molecule has 0 saturated heterocycles. The lowest BCUT2D eigenvalue weighted by Gasteiger charge is -2.20. The normalized spacial score (nSPS) is 12.0. The number of ether oxygens (including phenoxy) is 2. The van der Waals surface area contributed by atoms with Crippen molar-refractivity contribution in [1.82, 2.24) is 0 Å². The molecule has 0 aliphatic heterocycles. The number of rotatable bonds is 18. The molecule has 4 rings (SSSR count). The van der Waals surface area contributed by atoms with Crippen LogP contribution in [-0.2, 0) is 33.4 Å². The second kappa shape index (κ2) is 26.5. The first-order chi connectivity index (χ1) is 27.6. The highest BCUT2D eigenvalue weighted by atomic mass is 32.2. The lowest BCUT2D eigenvalue weighted by molar-refractivity contribution is -0.147. The van der Waals surface area contributed by atoms with E-state index in [0.29, 0.717) is 18.4 Å². The van der Waals surface area contributed by atoms with Crippen LogP contribution in [0.15, 0.2) is 94.7 Å². The van der Waals surface area contributed by atoms with Gasteiger partial charge in [-0.3, -0.25) is 19.2 Å². The average molecular weight is 829 g/mol. The maximum absolute atomic E-state index is 12.9. The SMILES string of the molecule is COC(=O)C(C(=O)CC(O)CCCSc1ccccc1)c1c(C)cc(C)cc1C.COC(=O)C(C(C)=O)c1c(C)cc(C)cc1C.O=CCCCSc1ccccc1. The first-order valence-corrected chi connectivity index (χ1v) is 21.4. The van der Waals surface area contributed by atoms with E-state index >= 15 is 0 Å². The van der Waals surface area contributed by atoms with E-state index in [9.17, 15) is 29.1 Å². The number of aliphatic hydroxyl groups excluding tert-OH is 1. The molecule has 1 N–H and O–H groups in total.